The minimum atomic E-state index is 0. The third kappa shape index (κ3) is 3.67. The second-order valence-electron chi connectivity index (χ2n) is 5.52. The van der Waals surface area contributed by atoms with Crippen LogP contribution in [0.15, 0.2) is 42.7 Å². The highest BCUT2D eigenvalue weighted by Gasteiger charge is 2.24. The average molecular weight is 321 g/mol. The van der Waals surface area contributed by atoms with Crippen molar-refractivity contribution in [2.24, 2.45) is 11.7 Å². The van der Waals surface area contributed by atoms with Crippen LogP contribution < -0.4 is 5.73 Å². The summed E-state index contributed by atoms with van der Waals surface area (Å²) in [6, 6.07) is 9.85. The molecule has 1 amide bonds. The average Bonchev–Trinajstić information content (AvgIpc) is 3.19. The monoisotopic (exact) mass is 320 g/mol. The minimum absolute atomic E-state index is 0. The molecule has 1 aromatic carbocycles. The van der Waals surface area contributed by atoms with Crippen LogP contribution >= 0.6 is 12.4 Å². The molecule has 1 aliphatic rings. The zero-order valence-electron chi connectivity index (χ0n) is 12.4. The van der Waals surface area contributed by atoms with E-state index >= 15 is 0 Å². The minimum Gasteiger partial charge on any atom is -0.342 e. The predicted molar refractivity (Wildman–Crippen MR) is 88.3 cm³/mol. The zero-order valence-corrected chi connectivity index (χ0v) is 13.2. The molecule has 1 aliphatic heterocycles. The normalized spacial score (nSPS) is 17.3. The maximum atomic E-state index is 12.3. The fourth-order valence-corrected chi connectivity index (χ4v) is 2.73. The number of rotatable bonds is 4. The van der Waals surface area contributed by atoms with E-state index in [1.807, 2.05) is 41.4 Å². The van der Waals surface area contributed by atoms with Crippen molar-refractivity contribution in [3.63, 3.8) is 0 Å². The van der Waals surface area contributed by atoms with E-state index in [0.717, 1.165) is 30.8 Å². The highest BCUT2D eigenvalue weighted by molar-refractivity contribution is 5.85. The Labute approximate surface area is 136 Å². The summed E-state index contributed by atoms with van der Waals surface area (Å²) in [5, 5.41) is 4.19. The molecule has 0 radical (unpaired) electrons. The summed E-state index contributed by atoms with van der Waals surface area (Å²) in [5.41, 5.74) is 7.70. The van der Waals surface area contributed by atoms with Crippen LogP contribution in [-0.4, -0.2) is 40.2 Å². The molecule has 118 valence electrons. The maximum Gasteiger partial charge on any atom is 0.226 e. The van der Waals surface area contributed by atoms with E-state index in [-0.39, 0.29) is 18.3 Å². The molecule has 2 N–H and O–H groups in total. The third-order valence-corrected chi connectivity index (χ3v) is 4.03. The molecule has 0 saturated carbocycles. The molecule has 1 unspecified atom stereocenters. The number of amides is 1. The molecule has 2 aromatic rings. The molecular weight excluding hydrogens is 300 g/mol. The summed E-state index contributed by atoms with van der Waals surface area (Å²) in [5.74, 6) is 0.661. The van der Waals surface area contributed by atoms with E-state index in [4.69, 9.17) is 5.73 Å². The van der Waals surface area contributed by atoms with E-state index in [1.165, 1.54) is 0 Å². The Morgan fingerprint density at radius 3 is 2.68 bits per heavy atom. The number of carbonyl (C=O) groups is 1. The second kappa shape index (κ2) is 7.42. The van der Waals surface area contributed by atoms with Crippen LogP contribution in [0, 0.1) is 5.92 Å². The Bertz CT molecular complexity index is 597. The SMILES string of the molecule is Cl.NCC1CCN(C(=O)Cc2ccc(-n3cccn3)cc2)C1. The van der Waals surface area contributed by atoms with E-state index in [9.17, 15) is 4.79 Å². The number of nitrogens with zero attached hydrogens (tertiary/aromatic N) is 3. The van der Waals surface area contributed by atoms with E-state index < -0.39 is 0 Å². The molecule has 1 saturated heterocycles. The lowest BCUT2D eigenvalue weighted by atomic mass is 10.1. The fourth-order valence-electron chi connectivity index (χ4n) is 2.73. The van der Waals surface area contributed by atoms with Crippen molar-refractivity contribution >= 4 is 18.3 Å². The molecule has 0 bridgehead atoms. The van der Waals surface area contributed by atoms with Gasteiger partial charge < -0.3 is 10.6 Å². The van der Waals surface area contributed by atoms with Crippen LogP contribution in [-0.2, 0) is 11.2 Å². The molecule has 1 atom stereocenters. The standard InChI is InChI=1S/C16H20N4O.ClH/c17-11-14-6-9-19(12-14)16(21)10-13-2-4-15(5-3-13)20-8-1-7-18-20;/h1-5,7-8,14H,6,9-12,17H2;1H. The van der Waals surface area contributed by atoms with Crippen molar-refractivity contribution in [3.05, 3.63) is 48.3 Å². The van der Waals surface area contributed by atoms with Crippen LogP contribution in [0.1, 0.15) is 12.0 Å². The second-order valence-corrected chi connectivity index (χ2v) is 5.52. The quantitative estimate of drug-likeness (QED) is 0.931. The maximum absolute atomic E-state index is 12.3. The number of hydrogen-bond acceptors (Lipinski definition) is 3. The summed E-state index contributed by atoms with van der Waals surface area (Å²) in [6.45, 7) is 2.31. The Hall–Kier alpha value is -1.85. The van der Waals surface area contributed by atoms with Gasteiger partial charge in [-0.25, -0.2) is 4.68 Å². The van der Waals surface area contributed by atoms with Gasteiger partial charge in [-0.2, -0.15) is 5.10 Å². The van der Waals surface area contributed by atoms with Crippen LogP contribution in [0.4, 0.5) is 0 Å². The highest BCUT2D eigenvalue weighted by atomic mass is 35.5. The molecule has 1 aromatic heterocycles. The van der Waals surface area contributed by atoms with Crippen molar-refractivity contribution in [1.29, 1.82) is 0 Å². The van der Waals surface area contributed by atoms with Crippen molar-refractivity contribution in [1.82, 2.24) is 14.7 Å². The van der Waals surface area contributed by atoms with E-state index in [0.29, 0.717) is 18.9 Å². The van der Waals surface area contributed by atoms with Crippen molar-refractivity contribution in [2.75, 3.05) is 19.6 Å². The van der Waals surface area contributed by atoms with Crippen LogP contribution in [0.3, 0.4) is 0 Å². The fraction of sp³-hybridized carbons (Fsp3) is 0.375. The zero-order chi connectivity index (χ0) is 14.7. The Morgan fingerprint density at radius 2 is 2.09 bits per heavy atom. The van der Waals surface area contributed by atoms with Gasteiger partial charge in [0.1, 0.15) is 0 Å². The summed E-state index contributed by atoms with van der Waals surface area (Å²) >= 11 is 0. The van der Waals surface area contributed by atoms with Gasteiger partial charge in [0.15, 0.2) is 0 Å². The third-order valence-electron chi connectivity index (χ3n) is 4.03. The number of halogens is 1. The predicted octanol–water partition coefficient (Wildman–Crippen LogP) is 1.64. The molecule has 1 fully saturated rings. The van der Waals surface area contributed by atoms with E-state index in [2.05, 4.69) is 5.10 Å². The van der Waals surface area contributed by atoms with Crippen LogP contribution in [0.25, 0.3) is 5.69 Å². The van der Waals surface area contributed by atoms with Gasteiger partial charge in [0, 0.05) is 25.5 Å². The largest absolute Gasteiger partial charge is 0.342 e. The molecule has 0 aliphatic carbocycles. The van der Waals surface area contributed by atoms with Crippen molar-refractivity contribution in [3.8, 4) is 5.69 Å². The van der Waals surface area contributed by atoms with Gasteiger partial charge in [0.2, 0.25) is 5.91 Å². The molecule has 5 nitrogen and oxygen atoms in total. The van der Waals surface area contributed by atoms with Crippen LogP contribution in [0.5, 0.6) is 0 Å². The van der Waals surface area contributed by atoms with Gasteiger partial charge in [-0.1, -0.05) is 12.1 Å². The van der Waals surface area contributed by atoms with Gasteiger partial charge >= 0.3 is 0 Å². The van der Waals surface area contributed by atoms with E-state index in [1.54, 1.807) is 10.9 Å². The van der Waals surface area contributed by atoms with Gasteiger partial charge in [-0.05, 0) is 42.6 Å². The first-order valence-corrected chi connectivity index (χ1v) is 7.33. The van der Waals surface area contributed by atoms with Crippen molar-refractivity contribution in [2.45, 2.75) is 12.8 Å². The van der Waals surface area contributed by atoms with Gasteiger partial charge in [-0.3, -0.25) is 4.79 Å². The van der Waals surface area contributed by atoms with Crippen molar-refractivity contribution < 1.29 is 4.79 Å². The van der Waals surface area contributed by atoms with Gasteiger partial charge in [-0.15, -0.1) is 12.4 Å². The first-order chi connectivity index (χ1) is 10.3. The Morgan fingerprint density at radius 1 is 1.32 bits per heavy atom. The Kier molecular flexibility index (Phi) is 5.57. The molecule has 3 rings (SSSR count). The first kappa shape index (κ1) is 16.5. The molecule has 22 heavy (non-hydrogen) atoms. The number of aromatic nitrogens is 2. The Balaban J connectivity index is 0.00000176. The smallest absolute Gasteiger partial charge is 0.226 e. The highest BCUT2D eigenvalue weighted by Crippen LogP contribution is 2.17. The lowest BCUT2D eigenvalue weighted by Crippen LogP contribution is -2.31. The topological polar surface area (TPSA) is 64.2 Å². The molecule has 6 heteroatoms. The lowest BCUT2D eigenvalue weighted by molar-refractivity contribution is -0.129. The molecule has 0 spiro atoms. The number of nitrogens with two attached hydrogens (primary N) is 1. The molecular formula is C16H21ClN4O. The lowest BCUT2D eigenvalue weighted by Gasteiger charge is -2.16. The number of carbonyl (C=O) groups excluding carboxylic acids is 1. The number of benzene rings is 1. The summed E-state index contributed by atoms with van der Waals surface area (Å²) in [6.07, 6.45) is 5.13. The summed E-state index contributed by atoms with van der Waals surface area (Å²) < 4.78 is 1.80. The molecule has 2 heterocycles. The summed E-state index contributed by atoms with van der Waals surface area (Å²) in [7, 11) is 0. The van der Waals surface area contributed by atoms with Gasteiger partial charge in [0.05, 0.1) is 12.1 Å². The summed E-state index contributed by atoms with van der Waals surface area (Å²) in [4.78, 5) is 14.2. The first-order valence-electron chi connectivity index (χ1n) is 7.33. The van der Waals surface area contributed by atoms with Crippen LogP contribution in [0.2, 0.25) is 0 Å². The van der Waals surface area contributed by atoms with Gasteiger partial charge in [0.25, 0.3) is 0 Å². The number of likely N-dealkylation sites (tertiary alicyclic amines) is 1. The number of hydrogen-bond donors (Lipinski definition) is 1.